The third-order valence-electron chi connectivity index (χ3n) is 2.82. The topological polar surface area (TPSA) is 52.9 Å². The number of benzene rings is 1. The number of phenols is 1. The summed E-state index contributed by atoms with van der Waals surface area (Å²) in [5.41, 5.74) is 1.70. The Morgan fingerprint density at radius 1 is 1.25 bits per heavy atom. The molecule has 2 rings (SSSR count). The lowest BCUT2D eigenvalue weighted by atomic mass is 10.1. The average Bonchev–Trinajstić information content (AvgIpc) is 2.33. The number of rotatable bonds is 3. The quantitative estimate of drug-likeness (QED) is 0.792. The highest BCUT2D eigenvalue weighted by Crippen LogP contribution is 2.20. The van der Waals surface area contributed by atoms with Crippen molar-refractivity contribution in [3.8, 4) is 5.75 Å². The van der Waals surface area contributed by atoms with E-state index in [0.29, 0.717) is 12.3 Å². The van der Waals surface area contributed by atoms with Crippen molar-refractivity contribution in [2.24, 2.45) is 0 Å². The molecular formula is C12H17NO3. The molecule has 0 saturated carbocycles. The molecule has 0 atom stereocenters. The molecule has 4 nitrogen and oxygen atoms in total. The van der Waals surface area contributed by atoms with Gasteiger partial charge in [-0.25, -0.2) is 0 Å². The van der Waals surface area contributed by atoms with Gasteiger partial charge in [0, 0.05) is 25.2 Å². The fourth-order valence-electron chi connectivity index (χ4n) is 1.86. The Bertz CT molecular complexity index is 348. The van der Waals surface area contributed by atoms with E-state index in [-0.39, 0.29) is 6.61 Å². The normalized spacial score (nSPS) is 17.6. The maximum Gasteiger partial charge on any atom is 0.120 e. The molecule has 0 unspecified atom stereocenters. The number of morpholine rings is 1. The summed E-state index contributed by atoms with van der Waals surface area (Å²) in [6, 6.07) is 5.23. The van der Waals surface area contributed by atoms with Crippen molar-refractivity contribution < 1.29 is 14.9 Å². The summed E-state index contributed by atoms with van der Waals surface area (Å²) in [4.78, 5) is 2.24. The predicted octanol–water partition coefficient (Wildman–Crippen LogP) is 0.717. The molecule has 1 aliphatic heterocycles. The van der Waals surface area contributed by atoms with Crippen LogP contribution in [0, 0.1) is 0 Å². The molecule has 0 aliphatic carbocycles. The lowest BCUT2D eigenvalue weighted by Gasteiger charge is -2.26. The number of aliphatic hydroxyl groups is 1. The van der Waals surface area contributed by atoms with Gasteiger partial charge in [-0.1, -0.05) is 6.07 Å². The lowest BCUT2D eigenvalue weighted by Crippen LogP contribution is -2.35. The minimum atomic E-state index is 0.0103. The van der Waals surface area contributed by atoms with Crippen LogP contribution in [0.15, 0.2) is 18.2 Å². The highest BCUT2D eigenvalue weighted by Gasteiger charge is 2.12. The minimum absolute atomic E-state index is 0.0103. The molecule has 4 heteroatoms. The fraction of sp³-hybridized carbons (Fsp3) is 0.500. The zero-order valence-electron chi connectivity index (χ0n) is 9.22. The maximum absolute atomic E-state index is 9.72. The van der Waals surface area contributed by atoms with Crippen LogP contribution in [0.3, 0.4) is 0 Å². The van der Waals surface area contributed by atoms with E-state index < -0.39 is 0 Å². The molecule has 0 amide bonds. The van der Waals surface area contributed by atoms with Crippen LogP contribution >= 0.6 is 0 Å². The van der Waals surface area contributed by atoms with Gasteiger partial charge in [0.2, 0.25) is 0 Å². The Labute approximate surface area is 95.1 Å². The van der Waals surface area contributed by atoms with Crippen LogP contribution in [0.5, 0.6) is 5.75 Å². The third-order valence-corrected chi connectivity index (χ3v) is 2.82. The van der Waals surface area contributed by atoms with Crippen LogP contribution < -0.4 is 0 Å². The molecule has 1 aromatic rings. The van der Waals surface area contributed by atoms with Crippen molar-refractivity contribution in [2.75, 3.05) is 26.3 Å². The molecule has 16 heavy (non-hydrogen) atoms. The SMILES string of the molecule is OCc1ccc(O)c(CN2CCOCC2)c1. The Morgan fingerprint density at radius 3 is 2.69 bits per heavy atom. The third kappa shape index (κ3) is 2.72. The van der Waals surface area contributed by atoms with Crippen LogP contribution in [0.2, 0.25) is 0 Å². The summed E-state index contributed by atoms with van der Waals surface area (Å²) < 4.78 is 5.27. The van der Waals surface area contributed by atoms with E-state index in [0.717, 1.165) is 37.4 Å². The first-order valence-electron chi connectivity index (χ1n) is 5.51. The summed E-state index contributed by atoms with van der Waals surface area (Å²) in [6.45, 7) is 4.01. The second-order valence-corrected chi connectivity index (χ2v) is 4.01. The monoisotopic (exact) mass is 223 g/mol. The first kappa shape index (κ1) is 11.4. The van der Waals surface area contributed by atoms with Crippen LogP contribution in [0.1, 0.15) is 11.1 Å². The Balaban J connectivity index is 2.06. The first-order chi connectivity index (χ1) is 7.79. The van der Waals surface area contributed by atoms with Gasteiger partial charge in [-0.15, -0.1) is 0 Å². The first-order valence-corrected chi connectivity index (χ1v) is 5.51. The van der Waals surface area contributed by atoms with Gasteiger partial charge in [0.05, 0.1) is 19.8 Å². The number of aliphatic hydroxyl groups excluding tert-OH is 1. The van der Waals surface area contributed by atoms with Gasteiger partial charge in [-0.2, -0.15) is 0 Å². The molecule has 1 saturated heterocycles. The van der Waals surface area contributed by atoms with E-state index in [1.807, 2.05) is 6.07 Å². The molecule has 0 bridgehead atoms. The highest BCUT2D eigenvalue weighted by atomic mass is 16.5. The Morgan fingerprint density at radius 2 is 2.00 bits per heavy atom. The van der Waals surface area contributed by atoms with E-state index in [9.17, 15) is 5.11 Å². The molecule has 0 aromatic heterocycles. The zero-order chi connectivity index (χ0) is 11.4. The minimum Gasteiger partial charge on any atom is -0.508 e. The van der Waals surface area contributed by atoms with Gasteiger partial charge in [-0.3, -0.25) is 4.90 Å². The largest absolute Gasteiger partial charge is 0.508 e. The van der Waals surface area contributed by atoms with Crippen LogP contribution in [0.25, 0.3) is 0 Å². The van der Waals surface area contributed by atoms with E-state index in [1.165, 1.54) is 0 Å². The van der Waals surface area contributed by atoms with Crippen molar-refractivity contribution in [1.29, 1.82) is 0 Å². The summed E-state index contributed by atoms with van der Waals surface area (Å²) in [5, 5.41) is 18.8. The maximum atomic E-state index is 9.72. The van der Waals surface area contributed by atoms with Gasteiger partial charge < -0.3 is 14.9 Å². The molecule has 1 aromatic carbocycles. The average molecular weight is 223 g/mol. The zero-order valence-corrected chi connectivity index (χ0v) is 9.22. The number of hydrogen-bond donors (Lipinski definition) is 2. The van der Waals surface area contributed by atoms with Crippen LogP contribution in [-0.2, 0) is 17.9 Å². The van der Waals surface area contributed by atoms with Crippen LogP contribution in [-0.4, -0.2) is 41.4 Å². The Hall–Kier alpha value is -1.10. The van der Waals surface area contributed by atoms with Crippen molar-refractivity contribution >= 4 is 0 Å². The second-order valence-electron chi connectivity index (χ2n) is 4.01. The molecule has 1 aliphatic rings. The number of ether oxygens (including phenoxy) is 1. The molecule has 0 spiro atoms. The van der Waals surface area contributed by atoms with Crippen molar-refractivity contribution in [3.63, 3.8) is 0 Å². The lowest BCUT2D eigenvalue weighted by molar-refractivity contribution is 0.0338. The Kier molecular flexibility index (Phi) is 3.77. The number of phenolic OH excluding ortho intramolecular Hbond substituents is 1. The predicted molar refractivity (Wildman–Crippen MR) is 60.1 cm³/mol. The van der Waals surface area contributed by atoms with Gasteiger partial charge in [0.15, 0.2) is 0 Å². The number of aromatic hydroxyl groups is 1. The standard InChI is InChI=1S/C12H17NO3/c14-9-10-1-2-12(15)11(7-10)8-13-3-5-16-6-4-13/h1-2,7,14-15H,3-6,8-9H2. The molecule has 1 fully saturated rings. The van der Waals surface area contributed by atoms with E-state index in [4.69, 9.17) is 9.84 Å². The molecule has 2 N–H and O–H groups in total. The summed E-state index contributed by atoms with van der Waals surface area (Å²) in [6.07, 6.45) is 0. The van der Waals surface area contributed by atoms with Gasteiger partial charge in [-0.05, 0) is 17.7 Å². The van der Waals surface area contributed by atoms with E-state index in [1.54, 1.807) is 12.1 Å². The van der Waals surface area contributed by atoms with Crippen molar-refractivity contribution in [3.05, 3.63) is 29.3 Å². The van der Waals surface area contributed by atoms with Crippen molar-refractivity contribution in [2.45, 2.75) is 13.2 Å². The summed E-state index contributed by atoms with van der Waals surface area (Å²) in [5.74, 6) is 0.295. The molecule has 1 heterocycles. The molecular weight excluding hydrogens is 206 g/mol. The summed E-state index contributed by atoms with van der Waals surface area (Å²) in [7, 11) is 0. The van der Waals surface area contributed by atoms with Gasteiger partial charge in [0.1, 0.15) is 5.75 Å². The number of hydrogen-bond acceptors (Lipinski definition) is 4. The highest BCUT2D eigenvalue weighted by molar-refractivity contribution is 5.35. The molecule has 0 radical (unpaired) electrons. The second kappa shape index (κ2) is 5.30. The smallest absolute Gasteiger partial charge is 0.120 e. The van der Waals surface area contributed by atoms with Gasteiger partial charge in [0.25, 0.3) is 0 Å². The van der Waals surface area contributed by atoms with E-state index in [2.05, 4.69) is 4.90 Å². The van der Waals surface area contributed by atoms with Crippen molar-refractivity contribution in [1.82, 2.24) is 4.90 Å². The fourth-order valence-corrected chi connectivity index (χ4v) is 1.86. The number of nitrogens with zero attached hydrogens (tertiary/aromatic N) is 1. The summed E-state index contributed by atoms with van der Waals surface area (Å²) >= 11 is 0. The van der Waals surface area contributed by atoms with E-state index >= 15 is 0 Å². The van der Waals surface area contributed by atoms with Gasteiger partial charge >= 0.3 is 0 Å². The molecule has 88 valence electrons. The van der Waals surface area contributed by atoms with Crippen LogP contribution in [0.4, 0.5) is 0 Å².